The Hall–Kier alpha value is -0.790. The van der Waals surface area contributed by atoms with Gasteiger partial charge in [0, 0.05) is 22.6 Å². The molecular formula is C8H3F3INO. The first-order valence-electron chi connectivity index (χ1n) is 3.61. The number of hydrogen-bond acceptors (Lipinski definition) is 2. The van der Waals surface area contributed by atoms with Gasteiger partial charge in [-0.3, -0.25) is 0 Å². The first-order valence-corrected chi connectivity index (χ1v) is 4.68. The van der Waals surface area contributed by atoms with Gasteiger partial charge >= 0.3 is 6.18 Å². The molecule has 2 nitrogen and oxygen atoms in total. The number of alkyl halides is 3. The highest BCUT2D eigenvalue weighted by Gasteiger charge is 2.34. The molecular weight excluding hydrogens is 310 g/mol. The average molecular weight is 313 g/mol. The number of benzene rings is 1. The van der Waals surface area contributed by atoms with E-state index in [1.807, 2.05) is 0 Å². The van der Waals surface area contributed by atoms with Crippen molar-refractivity contribution in [3.8, 4) is 0 Å². The summed E-state index contributed by atoms with van der Waals surface area (Å²) in [4.78, 5) is 3.81. The van der Waals surface area contributed by atoms with Crippen molar-refractivity contribution in [3.05, 3.63) is 27.7 Å². The Morgan fingerprint density at radius 3 is 2.64 bits per heavy atom. The maximum Gasteiger partial charge on any atom is 0.420 e. The van der Waals surface area contributed by atoms with Crippen molar-refractivity contribution in [1.29, 1.82) is 0 Å². The SMILES string of the molecule is FC(F)(F)c1cccc2nc(I)oc12. The van der Waals surface area contributed by atoms with Gasteiger partial charge in [0.15, 0.2) is 5.58 Å². The topological polar surface area (TPSA) is 26.0 Å². The molecule has 6 heteroatoms. The first-order chi connectivity index (χ1) is 6.48. The molecule has 0 saturated carbocycles. The monoisotopic (exact) mass is 313 g/mol. The molecule has 0 unspecified atom stereocenters. The van der Waals surface area contributed by atoms with Crippen LogP contribution in [0.5, 0.6) is 0 Å². The third kappa shape index (κ3) is 1.58. The molecule has 14 heavy (non-hydrogen) atoms. The van der Waals surface area contributed by atoms with Crippen LogP contribution in [0.2, 0.25) is 0 Å². The molecule has 0 amide bonds. The number of nitrogens with zero attached hydrogens (tertiary/aromatic N) is 1. The summed E-state index contributed by atoms with van der Waals surface area (Å²) >= 11 is 1.73. The number of rotatable bonds is 0. The van der Waals surface area contributed by atoms with Crippen LogP contribution in [0, 0.1) is 3.90 Å². The summed E-state index contributed by atoms with van der Waals surface area (Å²) in [5.74, 6) is 0. The van der Waals surface area contributed by atoms with Gasteiger partial charge < -0.3 is 4.42 Å². The lowest BCUT2D eigenvalue weighted by atomic mass is 10.2. The molecule has 0 bridgehead atoms. The van der Waals surface area contributed by atoms with Crippen molar-refractivity contribution in [2.45, 2.75) is 6.18 Å². The van der Waals surface area contributed by atoms with E-state index in [4.69, 9.17) is 4.42 Å². The van der Waals surface area contributed by atoms with Gasteiger partial charge in [-0.15, -0.1) is 0 Å². The molecule has 0 aliphatic heterocycles. The largest absolute Gasteiger partial charge is 0.431 e. The van der Waals surface area contributed by atoms with Crippen LogP contribution in [0.4, 0.5) is 13.2 Å². The van der Waals surface area contributed by atoms with E-state index < -0.39 is 11.7 Å². The number of hydrogen-bond donors (Lipinski definition) is 0. The summed E-state index contributed by atoms with van der Waals surface area (Å²) in [6, 6.07) is 3.77. The van der Waals surface area contributed by atoms with Crippen LogP contribution in [0.1, 0.15) is 5.56 Å². The molecule has 74 valence electrons. The minimum atomic E-state index is -4.40. The first kappa shape index (κ1) is 9.75. The van der Waals surface area contributed by atoms with Gasteiger partial charge in [0.05, 0.1) is 0 Å². The van der Waals surface area contributed by atoms with E-state index in [1.54, 1.807) is 22.6 Å². The highest BCUT2D eigenvalue weighted by atomic mass is 127. The van der Waals surface area contributed by atoms with Gasteiger partial charge in [-0.1, -0.05) is 6.07 Å². The second-order valence-electron chi connectivity index (χ2n) is 2.62. The van der Waals surface area contributed by atoms with E-state index in [1.165, 1.54) is 12.1 Å². The fraction of sp³-hybridized carbons (Fsp3) is 0.125. The predicted molar refractivity (Wildman–Crippen MR) is 51.7 cm³/mol. The van der Waals surface area contributed by atoms with Crippen molar-refractivity contribution >= 4 is 33.7 Å². The standard InChI is InChI=1S/C8H3F3INO/c9-8(10,11)4-2-1-3-5-6(4)14-7(12)13-5/h1-3H. The molecule has 2 rings (SSSR count). The summed E-state index contributed by atoms with van der Waals surface area (Å²) in [5, 5.41) is 0. The van der Waals surface area contributed by atoms with Gasteiger partial charge in [-0.25, -0.2) is 4.98 Å². The second kappa shape index (κ2) is 3.11. The molecule has 1 aromatic heterocycles. The van der Waals surface area contributed by atoms with Crippen LogP contribution in [-0.4, -0.2) is 4.98 Å². The van der Waals surface area contributed by atoms with Crippen molar-refractivity contribution in [2.24, 2.45) is 0 Å². The molecule has 0 N–H and O–H groups in total. The van der Waals surface area contributed by atoms with Crippen molar-refractivity contribution in [3.63, 3.8) is 0 Å². The summed E-state index contributed by atoms with van der Waals surface area (Å²) in [5.41, 5.74) is -0.765. The Kier molecular flexibility index (Phi) is 2.17. The van der Waals surface area contributed by atoms with Gasteiger partial charge in [0.25, 0.3) is 3.90 Å². The molecule has 2 aromatic rings. The van der Waals surface area contributed by atoms with Gasteiger partial charge in [0.2, 0.25) is 0 Å². The molecule has 0 spiro atoms. The molecule has 1 heterocycles. The number of para-hydroxylation sites is 1. The van der Waals surface area contributed by atoms with E-state index in [2.05, 4.69) is 4.98 Å². The number of aromatic nitrogens is 1. The summed E-state index contributed by atoms with van der Waals surface area (Å²) < 4.78 is 42.4. The van der Waals surface area contributed by atoms with Gasteiger partial charge in [-0.05, 0) is 12.1 Å². The van der Waals surface area contributed by atoms with Crippen LogP contribution in [0.15, 0.2) is 22.6 Å². The van der Waals surface area contributed by atoms with E-state index in [9.17, 15) is 13.2 Å². The average Bonchev–Trinajstić information content (AvgIpc) is 2.41. The molecule has 0 radical (unpaired) electrons. The van der Waals surface area contributed by atoms with E-state index in [0.717, 1.165) is 6.07 Å². The third-order valence-corrected chi connectivity index (χ3v) is 2.16. The lowest BCUT2D eigenvalue weighted by Crippen LogP contribution is -2.04. The fourth-order valence-electron chi connectivity index (χ4n) is 1.15. The maximum atomic E-state index is 12.4. The van der Waals surface area contributed by atoms with Crippen LogP contribution >= 0.6 is 22.6 Å². The molecule has 0 saturated heterocycles. The van der Waals surface area contributed by atoms with Crippen molar-refractivity contribution < 1.29 is 17.6 Å². The molecule has 1 aromatic carbocycles. The minimum absolute atomic E-state index is 0.203. The normalized spacial score (nSPS) is 12.3. The zero-order valence-corrected chi connectivity index (χ0v) is 8.76. The Morgan fingerprint density at radius 1 is 1.29 bits per heavy atom. The number of oxazole rings is 1. The Morgan fingerprint density at radius 2 is 2.00 bits per heavy atom. The minimum Gasteiger partial charge on any atom is -0.431 e. The van der Waals surface area contributed by atoms with Crippen LogP contribution in [0.25, 0.3) is 11.1 Å². The van der Waals surface area contributed by atoms with Crippen molar-refractivity contribution in [2.75, 3.05) is 0 Å². The lowest BCUT2D eigenvalue weighted by Gasteiger charge is -2.05. The van der Waals surface area contributed by atoms with Crippen molar-refractivity contribution in [1.82, 2.24) is 4.98 Å². The Labute approximate surface area is 90.3 Å². The number of fused-ring (bicyclic) bond motifs is 1. The Bertz CT molecular complexity index is 477. The smallest absolute Gasteiger partial charge is 0.420 e. The van der Waals surface area contributed by atoms with Crippen LogP contribution in [0.3, 0.4) is 0 Å². The predicted octanol–water partition coefficient (Wildman–Crippen LogP) is 3.45. The van der Waals surface area contributed by atoms with Gasteiger partial charge in [0.1, 0.15) is 11.1 Å². The quantitative estimate of drug-likeness (QED) is 0.696. The van der Waals surface area contributed by atoms with Crippen LogP contribution in [-0.2, 0) is 6.18 Å². The zero-order valence-electron chi connectivity index (χ0n) is 6.60. The second-order valence-corrected chi connectivity index (χ2v) is 3.54. The van der Waals surface area contributed by atoms with Crippen LogP contribution < -0.4 is 0 Å². The number of halogens is 4. The van der Waals surface area contributed by atoms with Gasteiger partial charge in [-0.2, -0.15) is 13.2 Å². The molecule has 0 aliphatic rings. The third-order valence-electron chi connectivity index (χ3n) is 1.69. The molecule has 0 atom stereocenters. The Balaban J connectivity index is 2.77. The fourth-order valence-corrected chi connectivity index (χ4v) is 1.63. The summed E-state index contributed by atoms with van der Waals surface area (Å²) in [6.45, 7) is 0. The maximum absolute atomic E-state index is 12.4. The molecule has 0 fully saturated rings. The lowest BCUT2D eigenvalue weighted by molar-refractivity contribution is -0.136. The highest BCUT2D eigenvalue weighted by molar-refractivity contribution is 14.1. The summed E-state index contributed by atoms with van der Waals surface area (Å²) in [7, 11) is 0. The molecule has 0 aliphatic carbocycles. The van der Waals surface area contributed by atoms with E-state index in [0.29, 0.717) is 0 Å². The summed E-state index contributed by atoms with van der Waals surface area (Å²) in [6.07, 6.45) is -4.40. The van der Waals surface area contributed by atoms with E-state index in [-0.39, 0.29) is 15.0 Å². The highest BCUT2D eigenvalue weighted by Crippen LogP contribution is 2.34. The van der Waals surface area contributed by atoms with E-state index >= 15 is 0 Å². The zero-order chi connectivity index (χ0) is 10.3.